The molecule has 1 aliphatic carbocycles. The first-order chi connectivity index (χ1) is 11.4. The van der Waals surface area contributed by atoms with Crippen LogP contribution in [0.5, 0.6) is 0 Å². The molecule has 136 valence electrons. The molecule has 6 heteroatoms. The van der Waals surface area contributed by atoms with Crippen molar-refractivity contribution in [1.82, 2.24) is 20.4 Å². The predicted molar refractivity (Wildman–Crippen MR) is 94.6 cm³/mol. The standard InChI is InChI=1S/C18H32N4O2/c1-4-5-6-14-7-9-16(10-8-14)21-17(23)19-13-18(2,24)15-11-20-22(3)12-15/h11-12,14,16,24H,4-10,13H2,1-3H3,(H2,19,21,23). The predicted octanol–water partition coefficient (Wildman–Crippen LogP) is 2.68. The maximum atomic E-state index is 12.1. The van der Waals surface area contributed by atoms with E-state index in [0.717, 1.165) is 18.8 Å². The van der Waals surface area contributed by atoms with Crippen molar-refractivity contribution in [2.45, 2.75) is 70.4 Å². The van der Waals surface area contributed by atoms with Crippen molar-refractivity contribution in [3.63, 3.8) is 0 Å². The molecular weight excluding hydrogens is 304 g/mol. The number of rotatable bonds is 7. The molecule has 0 saturated heterocycles. The lowest BCUT2D eigenvalue weighted by atomic mass is 9.83. The van der Waals surface area contributed by atoms with Crippen LogP contribution in [0.15, 0.2) is 12.4 Å². The zero-order valence-electron chi connectivity index (χ0n) is 15.2. The lowest BCUT2D eigenvalue weighted by Crippen LogP contribution is -2.47. The number of nitrogens with zero attached hydrogens (tertiary/aromatic N) is 2. The van der Waals surface area contributed by atoms with E-state index >= 15 is 0 Å². The summed E-state index contributed by atoms with van der Waals surface area (Å²) in [4.78, 5) is 12.1. The molecule has 0 aromatic carbocycles. The molecule has 0 spiro atoms. The van der Waals surface area contributed by atoms with E-state index < -0.39 is 5.60 Å². The highest BCUT2D eigenvalue weighted by Gasteiger charge is 2.26. The Kier molecular flexibility index (Phi) is 6.66. The lowest BCUT2D eigenvalue weighted by Gasteiger charge is -2.29. The summed E-state index contributed by atoms with van der Waals surface area (Å²) in [6.45, 7) is 4.08. The van der Waals surface area contributed by atoms with E-state index in [1.54, 1.807) is 31.0 Å². The first kappa shape index (κ1) is 18.8. The molecule has 3 N–H and O–H groups in total. The van der Waals surface area contributed by atoms with E-state index in [1.165, 1.54) is 32.1 Å². The van der Waals surface area contributed by atoms with E-state index in [9.17, 15) is 9.90 Å². The van der Waals surface area contributed by atoms with Gasteiger partial charge < -0.3 is 15.7 Å². The highest BCUT2D eigenvalue weighted by atomic mass is 16.3. The summed E-state index contributed by atoms with van der Waals surface area (Å²) >= 11 is 0. The van der Waals surface area contributed by atoms with Crippen LogP contribution in [0, 0.1) is 5.92 Å². The Balaban J connectivity index is 1.70. The van der Waals surface area contributed by atoms with Crippen LogP contribution >= 0.6 is 0 Å². The van der Waals surface area contributed by atoms with E-state index in [-0.39, 0.29) is 18.6 Å². The number of aryl methyl sites for hydroxylation is 1. The van der Waals surface area contributed by atoms with Crippen molar-refractivity contribution >= 4 is 6.03 Å². The van der Waals surface area contributed by atoms with Gasteiger partial charge in [-0.3, -0.25) is 4.68 Å². The molecule has 6 nitrogen and oxygen atoms in total. The molecule has 1 unspecified atom stereocenters. The molecule has 0 radical (unpaired) electrons. The van der Waals surface area contributed by atoms with Crippen LogP contribution < -0.4 is 10.6 Å². The number of hydrogen-bond acceptors (Lipinski definition) is 3. The van der Waals surface area contributed by atoms with Crippen LogP contribution in [-0.4, -0.2) is 33.5 Å². The molecule has 2 rings (SSSR count). The minimum Gasteiger partial charge on any atom is -0.383 e. The summed E-state index contributed by atoms with van der Waals surface area (Å²) < 4.78 is 1.64. The van der Waals surface area contributed by atoms with Crippen LogP contribution in [0.2, 0.25) is 0 Å². The van der Waals surface area contributed by atoms with E-state index in [4.69, 9.17) is 0 Å². The number of amides is 2. The summed E-state index contributed by atoms with van der Waals surface area (Å²) in [6.07, 6.45) is 11.8. The van der Waals surface area contributed by atoms with Crippen molar-refractivity contribution in [2.24, 2.45) is 13.0 Å². The number of carbonyl (C=O) groups excluding carboxylic acids is 1. The molecule has 2 amide bonds. The average Bonchev–Trinajstić information content (AvgIpc) is 3.00. The number of nitrogens with one attached hydrogen (secondary N) is 2. The van der Waals surface area contributed by atoms with Gasteiger partial charge >= 0.3 is 6.03 Å². The minimum absolute atomic E-state index is 0.163. The zero-order valence-corrected chi connectivity index (χ0v) is 15.2. The Morgan fingerprint density at radius 2 is 2.12 bits per heavy atom. The Labute approximate surface area is 145 Å². The maximum Gasteiger partial charge on any atom is 0.315 e. The highest BCUT2D eigenvalue weighted by Crippen LogP contribution is 2.28. The zero-order chi connectivity index (χ0) is 17.6. The monoisotopic (exact) mass is 336 g/mol. The van der Waals surface area contributed by atoms with Crippen LogP contribution in [-0.2, 0) is 12.6 Å². The molecule has 1 fully saturated rings. The first-order valence-corrected chi connectivity index (χ1v) is 9.16. The summed E-state index contributed by atoms with van der Waals surface area (Å²) in [6, 6.07) is 0.0578. The normalized spacial score (nSPS) is 23.5. The van der Waals surface area contributed by atoms with E-state index in [1.807, 2.05) is 0 Å². The number of aromatic nitrogens is 2. The first-order valence-electron chi connectivity index (χ1n) is 9.16. The molecule has 1 atom stereocenters. The fourth-order valence-electron chi connectivity index (χ4n) is 3.38. The second-order valence-corrected chi connectivity index (χ2v) is 7.36. The quantitative estimate of drug-likeness (QED) is 0.716. The van der Waals surface area contributed by atoms with Gasteiger partial charge in [0.05, 0.1) is 12.7 Å². The number of urea groups is 1. The fraction of sp³-hybridized carbons (Fsp3) is 0.778. The molecule has 0 bridgehead atoms. The SMILES string of the molecule is CCCCC1CCC(NC(=O)NCC(C)(O)c2cnn(C)c2)CC1. The van der Waals surface area contributed by atoms with Gasteiger partial charge in [-0.25, -0.2) is 4.79 Å². The molecule has 1 aromatic rings. The largest absolute Gasteiger partial charge is 0.383 e. The number of unbranched alkanes of at least 4 members (excludes halogenated alkanes) is 1. The molecule has 1 aromatic heterocycles. The van der Waals surface area contributed by atoms with Crippen molar-refractivity contribution < 1.29 is 9.90 Å². The topological polar surface area (TPSA) is 79.2 Å². The van der Waals surface area contributed by atoms with Gasteiger partial charge in [-0.2, -0.15) is 5.10 Å². The summed E-state index contributed by atoms with van der Waals surface area (Å²) in [5.41, 5.74) is -0.426. The van der Waals surface area contributed by atoms with Crippen LogP contribution in [0.1, 0.15) is 64.4 Å². The number of hydrogen-bond donors (Lipinski definition) is 3. The second kappa shape index (κ2) is 8.51. The smallest absolute Gasteiger partial charge is 0.315 e. The molecule has 1 aliphatic rings. The summed E-state index contributed by atoms with van der Waals surface area (Å²) in [5, 5.41) is 20.4. The van der Waals surface area contributed by atoms with Gasteiger partial charge in [-0.05, 0) is 38.5 Å². The van der Waals surface area contributed by atoms with Gasteiger partial charge in [0.25, 0.3) is 0 Å². The molecule has 0 aliphatic heterocycles. The van der Waals surface area contributed by atoms with Crippen molar-refractivity contribution in [2.75, 3.05) is 6.54 Å². The van der Waals surface area contributed by atoms with Crippen LogP contribution in [0.25, 0.3) is 0 Å². The van der Waals surface area contributed by atoms with Gasteiger partial charge in [-0.15, -0.1) is 0 Å². The fourth-order valence-corrected chi connectivity index (χ4v) is 3.38. The minimum atomic E-state index is -1.12. The van der Waals surface area contributed by atoms with Crippen LogP contribution in [0.3, 0.4) is 0 Å². The van der Waals surface area contributed by atoms with Crippen molar-refractivity contribution in [3.05, 3.63) is 18.0 Å². The lowest BCUT2D eigenvalue weighted by molar-refractivity contribution is 0.0591. The van der Waals surface area contributed by atoms with E-state index in [2.05, 4.69) is 22.7 Å². The second-order valence-electron chi connectivity index (χ2n) is 7.36. The summed E-state index contributed by atoms with van der Waals surface area (Å²) in [5.74, 6) is 0.831. The molecule has 24 heavy (non-hydrogen) atoms. The Bertz CT molecular complexity index is 519. The molecular formula is C18H32N4O2. The van der Waals surface area contributed by atoms with Crippen molar-refractivity contribution in [1.29, 1.82) is 0 Å². The van der Waals surface area contributed by atoms with Gasteiger partial charge in [0.2, 0.25) is 0 Å². The van der Waals surface area contributed by atoms with Gasteiger partial charge in [-0.1, -0.05) is 26.2 Å². The third-order valence-electron chi connectivity index (χ3n) is 5.07. The highest BCUT2D eigenvalue weighted by molar-refractivity contribution is 5.74. The third kappa shape index (κ3) is 5.51. The average molecular weight is 336 g/mol. The Morgan fingerprint density at radius 3 is 2.71 bits per heavy atom. The van der Waals surface area contributed by atoms with Gasteiger partial charge in [0.1, 0.15) is 5.60 Å². The Hall–Kier alpha value is -1.56. The molecule has 1 saturated carbocycles. The van der Waals surface area contributed by atoms with Crippen LogP contribution in [0.4, 0.5) is 4.79 Å². The van der Waals surface area contributed by atoms with Gasteiger partial charge in [0.15, 0.2) is 0 Å². The third-order valence-corrected chi connectivity index (χ3v) is 5.07. The Morgan fingerprint density at radius 1 is 1.42 bits per heavy atom. The molecule has 1 heterocycles. The van der Waals surface area contributed by atoms with Gasteiger partial charge in [0, 0.05) is 24.8 Å². The summed E-state index contributed by atoms with van der Waals surface area (Å²) in [7, 11) is 1.80. The van der Waals surface area contributed by atoms with E-state index in [0.29, 0.717) is 5.56 Å². The van der Waals surface area contributed by atoms with Crippen molar-refractivity contribution in [3.8, 4) is 0 Å². The number of carbonyl (C=O) groups is 1. The maximum absolute atomic E-state index is 12.1. The number of aliphatic hydroxyl groups is 1.